The summed E-state index contributed by atoms with van der Waals surface area (Å²) in [4.78, 5) is 25.2. The van der Waals surface area contributed by atoms with Crippen molar-refractivity contribution in [2.24, 2.45) is 4.99 Å². The lowest BCUT2D eigenvalue weighted by Crippen LogP contribution is -2.29. The molecule has 0 unspecified atom stereocenters. The van der Waals surface area contributed by atoms with Crippen molar-refractivity contribution in [2.45, 2.75) is 44.2 Å². The van der Waals surface area contributed by atoms with Crippen LogP contribution < -0.4 is 16.2 Å². The molecule has 0 saturated carbocycles. The van der Waals surface area contributed by atoms with Gasteiger partial charge in [0.25, 0.3) is 5.56 Å². The largest absolute Gasteiger partial charge is 0.309 e. The Balaban J connectivity index is 1.18. The van der Waals surface area contributed by atoms with Crippen LogP contribution in [-0.4, -0.2) is 34.8 Å². The lowest BCUT2D eigenvalue weighted by Gasteiger charge is -2.12. The van der Waals surface area contributed by atoms with Crippen molar-refractivity contribution in [2.75, 3.05) is 13.1 Å². The van der Waals surface area contributed by atoms with E-state index >= 15 is 0 Å². The van der Waals surface area contributed by atoms with Gasteiger partial charge in [0.05, 0.1) is 16.9 Å². The lowest BCUT2D eigenvalue weighted by atomic mass is 9.95. The van der Waals surface area contributed by atoms with Gasteiger partial charge in [-0.05, 0) is 96.1 Å². The number of hydrogen-bond acceptors (Lipinski definition) is 5. The van der Waals surface area contributed by atoms with Gasteiger partial charge in [0.2, 0.25) is 0 Å². The molecule has 1 aromatic heterocycles. The Morgan fingerprint density at radius 3 is 2.25 bits per heavy atom. The van der Waals surface area contributed by atoms with Gasteiger partial charge in [0.15, 0.2) is 0 Å². The third-order valence-corrected chi connectivity index (χ3v) is 7.88. The SMILES string of the molecule is O=c1[nH]c([C@@H]2CCCN2)nc2cc(-c3ccc4cc(C5=CN=C([C@@H]6CCCN6)C5)ccc4c3)ccc12. The number of nitrogens with zero attached hydrogens (tertiary/aromatic N) is 2. The van der Waals surface area contributed by atoms with Crippen molar-refractivity contribution in [3.05, 3.63) is 82.5 Å². The summed E-state index contributed by atoms with van der Waals surface area (Å²) in [6.45, 7) is 2.06. The van der Waals surface area contributed by atoms with Crippen molar-refractivity contribution in [3.63, 3.8) is 0 Å². The number of aromatic amines is 1. The van der Waals surface area contributed by atoms with Crippen LogP contribution in [0.15, 0.2) is 70.6 Å². The Hall–Kier alpha value is -3.61. The van der Waals surface area contributed by atoms with Gasteiger partial charge >= 0.3 is 0 Å². The van der Waals surface area contributed by atoms with Crippen LogP contribution in [0.1, 0.15) is 49.5 Å². The zero-order valence-electron chi connectivity index (χ0n) is 20.2. The maximum Gasteiger partial charge on any atom is 0.258 e. The molecule has 6 heteroatoms. The number of benzene rings is 3. The summed E-state index contributed by atoms with van der Waals surface area (Å²) in [6, 6.07) is 19.8. The molecule has 3 aromatic carbocycles. The minimum atomic E-state index is -0.0710. The molecule has 0 radical (unpaired) electrons. The van der Waals surface area contributed by atoms with Gasteiger partial charge in [-0.25, -0.2) is 4.98 Å². The highest BCUT2D eigenvalue weighted by atomic mass is 16.1. The second kappa shape index (κ2) is 8.80. The molecule has 180 valence electrons. The summed E-state index contributed by atoms with van der Waals surface area (Å²) >= 11 is 0. The fourth-order valence-corrected chi connectivity index (χ4v) is 5.85. The molecule has 3 aliphatic rings. The fraction of sp³-hybridized carbons (Fsp3) is 0.300. The lowest BCUT2D eigenvalue weighted by molar-refractivity contribution is 0.606. The molecule has 4 heterocycles. The van der Waals surface area contributed by atoms with E-state index in [1.54, 1.807) is 0 Å². The van der Waals surface area contributed by atoms with E-state index in [1.165, 1.54) is 40.5 Å². The molecule has 2 fully saturated rings. The van der Waals surface area contributed by atoms with E-state index in [0.717, 1.165) is 54.8 Å². The van der Waals surface area contributed by atoms with E-state index in [1.807, 2.05) is 24.4 Å². The quantitative estimate of drug-likeness (QED) is 0.383. The summed E-state index contributed by atoms with van der Waals surface area (Å²) in [6.07, 6.45) is 7.52. The van der Waals surface area contributed by atoms with Gasteiger partial charge in [-0.2, -0.15) is 0 Å². The summed E-state index contributed by atoms with van der Waals surface area (Å²) < 4.78 is 0. The molecule has 36 heavy (non-hydrogen) atoms. The molecule has 2 atom stereocenters. The summed E-state index contributed by atoms with van der Waals surface area (Å²) in [7, 11) is 0. The second-order valence-electron chi connectivity index (χ2n) is 10.2. The first kappa shape index (κ1) is 21.7. The maximum atomic E-state index is 12.7. The summed E-state index contributed by atoms with van der Waals surface area (Å²) in [5.74, 6) is 0.741. The van der Waals surface area contributed by atoms with Gasteiger partial charge in [0, 0.05) is 24.4 Å². The van der Waals surface area contributed by atoms with E-state index in [9.17, 15) is 4.79 Å². The molecule has 7 rings (SSSR count). The van der Waals surface area contributed by atoms with Crippen LogP contribution >= 0.6 is 0 Å². The fourth-order valence-electron chi connectivity index (χ4n) is 5.85. The minimum absolute atomic E-state index is 0.0710. The first-order valence-electron chi connectivity index (χ1n) is 13.0. The van der Waals surface area contributed by atoms with Crippen LogP contribution in [0.5, 0.6) is 0 Å². The standard InChI is InChI=1S/C30H29N5O/c36-30-24-10-9-22(15-27(24)34-29(35-30)26-4-2-12-32-26)20-6-5-19-14-21(8-7-18(19)13-20)23-16-28(33-17-23)25-3-1-11-31-25/h5-10,13-15,17,25-26,31-32H,1-4,11-12,16H2,(H,34,35,36)/t25-,26-/m0/s1. The Kier molecular flexibility index (Phi) is 5.29. The first-order valence-corrected chi connectivity index (χ1v) is 13.0. The van der Waals surface area contributed by atoms with Gasteiger partial charge < -0.3 is 15.6 Å². The van der Waals surface area contributed by atoms with E-state index in [-0.39, 0.29) is 11.6 Å². The van der Waals surface area contributed by atoms with Crippen LogP contribution in [0.2, 0.25) is 0 Å². The van der Waals surface area contributed by atoms with Crippen molar-refractivity contribution in [3.8, 4) is 11.1 Å². The normalized spacial score (nSPS) is 21.9. The number of H-pyrrole nitrogens is 1. The Labute approximate surface area is 209 Å². The molecule has 2 saturated heterocycles. The predicted molar refractivity (Wildman–Crippen MR) is 146 cm³/mol. The number of nitrogens with one attached hydrogen (secondary N) is 3. The van der Waals surface area contributed by atoms with Crippen molar-refractivity contribution in [1.82, 2.24) is 20.6 Å². The van der Waals surface area contributed by atoms with Crippen molar-refractivity contribution < 1.29 is 0 Å². The van der Waals surface area contributed by atoms with Crippen LogP contribution in [0.3, 0.4) is 0 Å². The monoisotopic (exact) mass is 475 g/mol. The number of fused-ring (bicyclic) bond motifs is 2. The molecular weight excluding hydrogens is 446 g/mol. The van der Waals surface area contributed by atoms with Gasteiger partial charge in [-0.15, -0.1) is 0 Å². The molecule has 0 amide bonds. The average Bonchev–Trinajstić information content (AvgIpc) is 3.70. The van der Waals surface area contributed by atoms with E-state index in [2.05, 4.69) is 52.0 Å². The number of allylic oxidation sites excluding steroid dienone is 1. The molecule has 6 nitrogen and oxygen atoms in total. The summed E-state index contributed by atoms with van der Waals surface area (Å²) in [5.41, 5.74) is 6.68. The van der Waals surface area contributed by atoms with Crippen LogP contribution in [0.4, 0.5) is 0 Å². The zero-order chi connectivity index (χ0) is 24.1. The number of hydrogen-bond donors (Lipinski definition) is 3. The Morgan fingerprint density at radius 1 is 0.778 bits per heavy atom. The average molecular weight is 476 g/mol. The van der Waals surface area contributed by atoms with Crippen LogP contribution in [0, 0.1) is 0 Å². The number of rotatable bonds is 4. The Bertz CT molecular complexity index is 1600. The van der Waals surface area contributed by atoms with Crippen LogP contribution in [0.25, 0.3) is 38.4 Å². The topological polar surface area (TPSA) is 82.2 Å². The van der Waals surface area contributed by atoms with Crippen molar-refractivity contribution in [1.29, 1.82) is 0 Å². The molecular formula is C30H29N5O. The first-order chi connectivity index (χ1) is 17.7. The third kappa shape index (κ3) is 3.87. The minimum Gasteiger partial charge on any atom is -0.309 e. The van der Waals surface area contributed by atoms with E-state index in [0.29, 0.717) is 11.4 Å². The van der Waals surface area contributed by atoms with E-state index in [4.69, 9.17) is 9.98 Å². The van der Waals surface area contributed by atoms with Crippen LogP contribution in [-0.2, 0) is 0 Å². The molecule has 4 aromatic rings. The van der Waals surface area contributed by atoms with Gasteiger partial charge in [0.1, 0.15) is 5.82 Å². The predicted octanol–water partition coefficient (Wildman–Crippen LogP) is 5.11. The van der Waals surface area contributed by atoms with Crippen molar-refractivity contribution >= 4 is 33.0 Å². The molecule has 0 aliphatic carbocycles. The number of aromatic nitrogens is 2. The number of aliphatic imine (C=N–C) groups is 1. The van der Waals surface area contributed by atoms with Gasteiger partial charge in [-0.3, -0.25) is 9.79 Å². The molecule has 3 N–H and O–H groups in total. The second-order valence-corrected chi connectivity index (χ2v) is 10.2. The zero-order valence-corrected chi connectivity index (χ0v) is 20.2. The molecule has 0 bridgehead atoms. The molecule has 0 spiro atoms. The highest BCUT2D eigenvalue weighted by Crippen LogP contribution is 2.31. The third-order valence-electron chi connectivity index (χ3n) is 7.88. The highest BCUT2D eigenvalue weighted by Gasteiger charge is 2.24. The van der Waals surface area contributed by atoms with Gasteiger partial charge in [-0.1, -0.05) is 30.3 Å². The Morgan fingerprint density at radius 2 is 1.47 bits per heavy atom. The smallest absolute Gasteiger partial charge is 0.258 e. The van der Waals surface area contributed by atoms with E-state index < -0.39 is 0 Å². The maximum absolute atomic E-state index is 12.7. The highest BCUT2D eigenvalue weighted by molar-refractivity contribution is 6.02. The molecule has 3 aliphatic heterocycles. The summed E-state index contributed by atoms with van der Waals surface area (Å²) in [5, 5.41) is 10.0.